The highest BCUT2D eigenvalue weighted by Crippen LogP contribution is 2.05. The molecule has 0 radical (unpaired) electrons. The van der Waals surface area contributed by atoms with Gasteiger partial charge in [0.2, 0.25) is 0 Å². The number of Topliss-reactive ketones (excluding diaryl/α,β-unsaturated/α-hetero) is 1. The Bertz CT molecular complexity index is 114. The number of nitrogens with one attached hydrogen (secondary N) is 1. The molecule has 0 aliphatic carbocycles. The van der Waals surface area contributed by atoms with Gasteiger partial charge in [-0.05, 0) is 12.9 Å². The van der Waals surface area contributed by atoms with Crippen LogP contribution in [0.1, 0.15) is 19.8 Å². The smallest absolute Gasteiger partial charge is 0.135 e. The van der Waals surface area contributed by atoms with E-state index in [0.29, 0.717) is 30.6 Å². The van der Waals surface area contributed by atoms with Crippen LogP contribution in [0.5, 0.6) is 0 Å². The van der Waals surface area contributed by atoms with E-state index in [2.05, 4.69) is 5.32 Å². The molecule has 2 unspecified atom stereocenters. The molecule has 1 aliphatic rings. The molecule has 0 spiro atoms. The van der Waals surface area contributed by atoms with Crippen LogP contribution in [0.25, 0.3) is 0 Å². The summed E-state index contributed by atoms with van der Waals surface area (Å²) in [6, 6.07) is 0.390. The van der Waals surface area contributed by atoms with Crippen molar-refractivity contribution < 1.29 is 4.79 Å². The van der Waals surface area contributed by atoms with Crippen LogP contribution in [0.15, 0.2) is 0 Å². The zero-order valence-corrected chi connectivity index (χ0v) is 5.98. The predicted octanol–water partition coefficient (Wildman–Crippen LogP) is -0.713. The van der Waals surface area contributed by atoms with E-state index in [9.17, 15) is 4.79 Å². The molecule has 0 saturated carbocycles. The highest BCUT2D eigenvalue weighted by molar-refractivity contribution is 6.13. The van der Waals surface area contributed by atoms with E-state index in [1.165, 1.54) is 0 Å². The van der Waals surface area contributed by atoms with Crippen molar-refractivity contribution in [3.63, 3.8) is 0 Å². The molecular weight excluding hydrogens is 113 g/mol. The molecule has 50 valence electrons. The standard InChI is InChI=1S/C6H12BNO/c1-4-2-5(9)3-6(7)8-4/h4,6,8H,2-3,7H2,1H3. The summed E-state index contributed by atoms with van der Waals surface area (Å²) >= 11 is 0. The van der Waals surface area contributed by atoms with Crippen molar-refractivity contribution in [3.05, 3.63) is 0 Å². The third-order valence-corrected chi connectivity index (χ3v) is 1.64. The number of carbonyl (C=O) groups is 1. The van der Waals surface area contributed by atoms with E-state index in [1.54, 1.807) is 0 Å². The van der Waals surface area contributed by atoms with E-state index >= 15 is 0 Å². The highest BCUT2D eigenvalue weighted by atomic mass is 16.1. The normalized spacial score (nSPS) is 36.8. The zero-order valence-electron chi connectivity index (χ0n) is 5.98. The molecule has 1 heterocycles. The van der Waals surface area contributed by atoms with Crippen molar-refractivity contribution in [2.45, 2.75) is 31.7 Å². The Morgan fingerprint density at radius 1 is 1.67 bits per heavy atom. The molecule has 1 fully saturated rings. The SMILES string of the molecule is BC1CC(=O)CC(C)N1. The summed E-state index contributed by atoms with van der Waals surface area (Å²) in [5.41, 5.74) is 0. The molecule has 0 aromatic rings. The van der Waals surface area contributed by atoms with Crippen LogP contribution >= 0.6 is 0 Å². The third kappa shape index (κ3) is 1.82. The second kappa shape index (κ2) is 2.52. The van der Waals surface area contributed by atoms with Crippen molar-refractivity contribution in [1.82, 2.24) is 5.32 Å². The molecule has 1 saturated heterocycles. The van der Waals surface area contributed by atoms with Crippen molar-refractivity contribution in [1.29, 1.82) is 0 Å². The topological polar surface area (TPSA) is 29.1 Å². The predicted molar refractivity (Wildman–Crippen MR) is 39.2 cm³/mol. The molecule has 0 aromatic carbocycles. The molecular formula is C6H12BNO. The fourth-order valence-electron chi connectivity index (χ4n) is 1.37. The van der Waals surface area contributed by atoms with Crippen LogP contribution in [-0.4, -0.2) is 25.6 Å². The molecule has 9 heavy (non-hydrogen) atoms. The number of hydrogen-bond donors (Lipinski definition) is 1. The van der Waals surface area contributed by atoms with E-state index in [-0.39, 0.29) is 0 Å². The molecule has 1 aliphatic heterocycles. The van der Waals surface area contributed by atoms with E-state index in [0.717, 1.165) is 0 Å². The van der Waals surface area contributed by atoms with Crippen molar-refractivity contribution in [2.75, 3.05) is 0 Å². The lowest BCUT2D eigenvalue weighted by Gasteiger charge is -2.24. The Kier molecular flexibility index (Phi) is 1.91. The minimum absolute atomic E-state index is 0.390. The fraction of sp³-hybridized carbons (Fsp3) is 0.833. The summed E-state index contributed by atoms with van der Waals surface area (Å²) in [5.74, 6) is 0.787. The molecule has 2 nitrogen and oxygen atoms in total. The Labute approximate surface area is 56.4 Å². The maximum atomic E-state index is 10.8. The van der Waals surface area contributed by atoms with Crippen LogP contribution in [0.4, 0.5) is 0 Å². The number of piperidine rings is 1. The Morgan fingerprint density at radius 2 is 2.33 bits per heavy atom. The van der Waals surface area contributed by atoms with Gasteiger partial charge in [0.25, 0.3) is 0 Å². The van der Waals surface area contributed by atoms with Crippen molar-refractivity contribution >= 4 is 13.6 Å². The molecule has 2 atom stereocenters. The largest absolute Gasteiger partial charge is 0.318 e. The van der Waals surface area contributed by atoms with E-state index in [4.69, 9.17) is 0 Å². The minimum Gasteiger partial charge on any atom is -0.318 e. The van der Waals surface area contributed by atoms with Gasteiger partial charge in [-0.1, -0.05) is 0 Å². The number of rotatable bonds is 0. The Morgan fingerprint density at radius 3 is 2.78 bits per heavy atom. The average molecular weight is 125 g/mol. The summed E-state index contributed by atoms with van der Waals surface area (Å²) in [6.45, 7) is 2.05. The first-order valence-corrected chi connectivity index (χ1v) is 3.46. The average Bonchev–Trinajstić information content (AvgIpc) is 1.59. The number of carbonyl (C=O) groups excluding carboxylic acids is 1. The summed E-state index contributed by atoms with van der Waals surface area (Å²) < 4.78 is 0. The van der Waals surface area contributed by atoms with Gasteiger partial charge in [0.05, 0.1) is 0 Å². The summed E-state index contributed by atoms with van der Waals surface area (Å²) in [5, 5.41) is 3.29. The van der Waals surface area contributed by atoms with Crippen LogP contribution in [0.3, 0.4) is 0 Å². The van der Waals surface area contributed by atoms with Gasteiger partial charge in [0, 0.05) is 18.9 Å². The molecule has 3 heteroatoms. The van der Waals surface area contributed by atoms with Crippen molar-refractivity contribution in [3.8, 4) is 0 Å². The van der Waals surface area contributed by atoms with Crippen LogP contribution in [0.2, 0.25) is 0 Å². The van der Waals surface area contributed by atoms with Crippen molar-refractivity contribution in [2.24, 2.45) is 0 Å². The van der Waals surface area contributed by atoms with Gasteiger partial charge in [0.15, 0.2) is 0 Å². The quantitative estimate of drug-likeness (QED) is 0.433. The monoisotopic (exact) mass is 125 g/mol. The molecule has 0 aromatic heterocycles. The highest BCUT2D eigenvalue weighted by Gasteiger charge is 2.19. The van der Waals surface area contributed by atoms with Gasteiger partial charge in [-0.2, -0.15) is 0 Å². The first-order valence-electron chi connectivity index (χ1n) is 3.46. The number of hydrogen-bond acceptors (Lipinski definition) is 2. The third-order valence-electron chi connectivity index (χ3n) is 1.64. The number of ketones is 1. The van der Waals surface area contributed by atoms with Gasteiger partial charge >= 0.3 is 0 Å². The summed E-state index contributed by atoms with van der Waals surface area (Å²) in [7, 11) is 2.05. The Hall–Kier alpha value is -0.305. The van der Waals surface area contributed by atoms with E-state index in [1.807, 2.05) is 14.8 Å². The van der Waals surface area contributed by atoms with Crippen LogP contribution in [-0.2, 0) is 4.79 Å². The first-order chi connectivity index (χ1) is 4.18. The van der Waals surface area contributed by atoms with E-state index < -0.39 is 0 Å². The van der Waals surface area contributed by atoms with Crippen LogP contribution in [0, 0.1) is 0 Å². The van der Waals surface area contributed by atoms with Crippen LogP contribution < -0.4 is 5.32 Å². The van der Waals surface area contributed by atoms with Gasteiger partial charge in [-0.3, -0.25) is 4.79 Å². The second-order valence-electron chi connectivity index (χ2n) is 2.92. The lowest BCUT2D eigenvalue weighted by Crippen LogP contribution is -2.44. The summed E-state index contributed by atoms with van der Waals surface area (Å²) in [4.78, 5) is 10.8. The Balaban J connectivity index is 2.43. The maximum Gasteiger partial charge on any atom is 0.135 e. The fourth-order valence-corrected chi connectivity index (χ4v) is 1.37. The summed E-state index contributed by atoms with van der Waals surface area (Å²) in [6.07, 6.45) is 1.43. The maximum absolute atomic E-state index is 10.8. The lowest BCUT2D eigenvalue weighted by atomic mass is 9.85. The molecule has 0 amide bonds. The molecule has 0 bridgehead atoms. The minimum atomic E-state index is 0.390. The molecule has 1 rings (SSSR count). The van der Waals surface area contributed by atoms with Gasteiger partial charge in [0.1, 0.15) is 13.6 Å². The zero-order chi connectivity index (χ0) is 6.85. The molecule has 1 N–H and O–H groups in total. The van der Waals surface area contributed by atoms with Gasteiger partial charge < -0.3 is 5.32 Å². The second-order valence-corrected chi connectivity index (χ2v) is 2.92. The van der Waals surface area contributed by atoms with Gasteiger partial charge in [-0.25, -0.2) is 0 Å². The first kappa shape index (κ1) is 6.81. The van der Waals surface area contributed by atoms with Gasteiger partial charge in [-0.15, -0.1) is 0 Å². The lowest BCUT2D eigenvalue weighted by molar-refractivity contribution is -0.120.